The Hall–Kier alpha value is -4.11. The van der Waals surface area contributed by atoms with Crippen molar-refractivity contribution in [3.63, 3.8) is 0 Å². The second kappa shape index (κ2) is 11.8. The number of methoxy groups -OCH3 is 1. The molecule has 35 heavy (non-hydrogen) atoms. The van der Waals surface area contributed by atoms with Crippen molar-refractivity contribution in [2.75, 3.05) is 7.11 Å². The number of benzene rings is 2. The molecule has 0 unspecified atom stereocenters. The monoisotopic (exact) mass is 490 g/mol. The van der Waals surface area contributed by atoms with Gasteiger partial charge in [-0.25, -0.2) is 9.78 Å². The number of esters is 1. The van der Waals surface area contributed by atoms with Crippen molar-refractivity contribution in [3.8, 4) is 11.5 Å². The summed E-state index contributed by atoms with van der Waals surface area (Å²) in [5.41, 5.74) is 4.51. The van der Waals surface area contributed by atoms with Crippen molar-refractivity contribution < 1.29 is 18.8 Å². The molecule has 0 amide bonds. The molecule has 0 saturated carbocycles. The summed E-state index contributed by atoms with van der Waals surface area (Å²) in [6.07, 6.45) is 1.66. The Morgan fingerprint density at radius 3 is 2.29 bits per heavy atom. The van der Waals surface area contributed by atoms with Gasteiger partial charge >= 0.3 is 11.9 Å². The maximum Gasteiger partial charge on any atom is 0.397 e. The second-order valence-corrected chi connectivity index (χ2v) is 7.97. The molecule has 0 bridgehead atoms. The van der Waals surface area contributed by atoms with Crippen LogP contribution in [0.2, 0.25) is 0 Å². The van der Waals surface area contributed by atoms with Crippen molar-refractivity contribution in [1.29, 1.82) is 0 Å². The molecular weight excluding hydrogens is 464 g/mol. The first-order valence-electron chi connectivity index (χ1n) is 11.0. The van der Waals surface area contributed by atoms with Gasteiger partial charge in [-0.15, -0.1) is 11.3 Å². The van der Waals surface area contributed by atoms with Gasteiger partial charge in [-0.3, -0.25) is 4.79 Å². The minimum absolute atomic E-state index is 0.120. The van der Waals surface area contributed by atoms with Gasteiger partial charge in [0.2, 0.25) is 11.6 Å². The summed E-state index contributed by atoms with van der Waals surface area (Å²) in [5, 5.41) is 6.44. The van der Waals surface area contributed by atoms with Crippen molar-refractivity contribution in [2.24, 2.45) is 0 Å². The van der Waals surface area contributed by atoms with Crippen LogP contribution >= 0.6 is 11.3 Å². The number of carbonyl (C=O) groups excluding carboxylic acids is 2. The van der Waals surface area contributed by atoms with Crippen LogP contribution < -0.4 is 0 Å². The van der Waals surface area contributed by atoms with Crippen LogP contribution in [0.1, 0.15) is 51.0 Å². The van der Waals surface area contributed by atoms with Crippen LogP contribution in [0.3, 0.4) is 0 Å². The number of carbonyl (C=O) groups is 2. The van der Waals surface area contributed by atoms with E-state index in [4.69, 9.17) is 4.52 Å². The van der Waals surface area contributed by atoms with Gasteiger partial charge in [0.25, 0.3) is 0 Å². The van der Waals surface area contributed by atoms with Crippen molar-refractivity contribution >= 4 is 34.0 Å². The molecular formula is C26H26N4O4S. The number of aryl methyl sites for hydroxylation is 2. The number of para-hydroxylation sites is 1. The number of H-pyrrole nitrogens is 1. The van der Waals surface area contributed by atoms with Crippen LogP contribution in [0.15, 0.2) is 64.6 Å². The number of ether oxygens (including phenoxy) is 1. The first kappa shape index (κ1) is 25.5. The molecule has 0 aliphatic rings. The van der Waals surface area contributed by atoms with Gasteiger partial charge < -0.3 is 14.2 Å². The molecule has 0 atom stereocenters. The fourth-order valence-electron chi connectivity index (χ4n) is 3.02. The molecule has 9 heteroatoms. The van der Waals surface area contributed by atoms with Gasteiger partial charge in [0.1, 0.15) is 5.69 Å². The van der Waals surface area contributed by atoms with Crippen LogP contribution in [-0.4, -0.2) is 39.0 Å². The highest BCUT2D eigenvalue weighted by Gasteiger charge is 2.21. The Kier molecular flexibility index (Phi) is 8.63. The molecule has 5 aromatic rings. The van der Waals surface area contributed by atoms with E-state index in [1.54, 1.807) is 11.6 Å². The number of hydrogen-bond donors (Lipinski definition) is 1. The smallest absolute Gasteiger partial charge is 0.397 e. The zero-order chi connectivity index (χ0) is 25.4. The minimum atomic E-state index is -0.732. The number of ketones is 1. The lowest BCUT2D eigenvalue weighted by Crippen LogP contribution is -2.01. The molecule has 0 aliphatic carbocycles. The Morgan fingerprint density at radius 2 is 1.63 bits per heavy atom. The third-order valence-electron chi connectivity index (χ3n) is 4.97. The Bertz CT molecular complexity index is 1410. The Labute approximate surface area is 207 Å². The zero-order valence-corrected chi connectivity index (χ0v) is 21.0. The van der Waals surface area contributed by atoms with E-state index >= 15 is 0 Å². The molecule has 3 heterocycles. The summed E-state index contributed by atoms with van der Waals surface area (Å²) < 4.78 is 9.32. The standard InChI is InChI=1S/C16H10N4O4S.C8H10.C2H6/c1-23-16(22)14-19-13(20-24-14)11-7-25-15(18-11)12(21)9-6-17-10-5-3-2-4-8(9)10;1-7-5-3-4-6-8(7)2;1-2/h2-7,17H,1H3;3-6H,1-2H3;1-2H3. The van der Waals surface area contributed by atoms with E-state index in [0.717, 1.165) is 10.9 Å². The van der Waals surface area contributed by atoms with Crippen molar-refractivity contribution in [2.45, 2.75) is 27.7 Å². The highest BCUT2D eigenvalue weighted by atomic mass is 32.1. The highest BCUT2D eigenvalue weighted by Crippen LogP contribution is 2.25. The molecule has 3 aromatic heterocycles. The number of rotatable bonds is 4. The van der Waals surface area contributed by atoms with E-state index < -0.39 is 5.97 Å². The van der Waals surface area contributed by atoms with Crippen molar-refractivity contribution in [3.05, 3.63) is 87.7 Å². The molecule has 0 radical (unpaired) electrons. The Balaban J connectivity index is 0.000000289. The van der Waals surface area contributed by atoms with E-state index in [0.29, 0.717) is 16.3 Å². The van der Waals surface area contributed by atoms with E-state index in [-0.39, 0.29) is 17.5 Å². The molecule has 1 N–H and O–H groups in total. The van der Waals surface area contributed by atoms with Crippen LogP contribution in [0.4, 0.5) is 0 Å². The average Bonchev–Trinajstić information content (AvgIpc) is 3.66. The molecule has 0 saturated heterocycles. The lowest BCUT2D eigenvalue weighted by molar-refractivity contribution is 0.0545. The first-order valence-corrected chi connectivity index (χ1v) is 11.9. The third kappa shape index (κ3) is 5.88. The van der Waals surface area contributed by atoms with Gasteiger partial charge in [-0.2, -0.15) is 4.98 Å². The maximum atomic E-state index is 12.7. The highest BCUT2D eigenvalue weighted by molar-refractivity contribution is 7.12. The van der Waals surface area contributed by atoms with Gasteiger partial charge in [-0.05, 0) is 31.0 Å². The third-order valence-corrected chi connectivity index (χ3v) is 5.81. The van der Waals surface area contributed by atoms with Crippen LogP contribution in [-0.2, 0) is 4.74 Å². The van der Waals surface area contributed by atoms with Gasteiger partial charge in [0.15, 0.2) is 5.01 Å². The van der Waals surface area contributed by atoms with Crippen LogP contribution in [0.25, 0.3) is 22.4 Å². The van der Waals surface area contributed by atoms with E-state index in [1.807, 2.05) is 38.1 Å². The summed E-state index contributed by atoms with van der Waals surface area (Å²) in [4.78, 5) is 35.3. The Morgan fingerprint density at radius 1 is 0.971 bits per heavy atom. The average molecular weight is 491 g/mol. The summed E-state index contributed by atoms with van der Waals surface area (Å²) in [7, 11) is 1.22. The number of hydrogen-bond acceptors (Lipinski definition) is 8. The predicted octanol–water partition coefficient (Wildman–Crippen LogP) is 6.02. The molecule has 0 fully saturated rings. The molecule has 0 spiro atoms. The molecule has 5 rings (SSSR count). The van der Waals surface area contributed by atoms with Crippen LogP contribution in [0, 0.1) is 13.8 Å². The number of aromatic nitrogens is 4. The van der Waals surface area contributed by atoms with Crippen molar-refractivity contribution in [1.82, 2.24) is 20.1 Å². The SMILES string of the molecule is CC.COC(=O)c1nc(-c2csc(C(=O)c3c[nH]c4ccccc34)n2)no1.Cc1ccccc1C. The molecule has 180 valence electrons. The largest absolute Gasteiger partial charge is 0.462 e. The molecule has 2 aromatic carbocycles. The topological polar surface area (TPSA) is 111 Å². The molecule has 8 nitrogen and oxygen atoms in total. The molecule has 0 aliphatic heterocycles. The lowest BCUT2D eigenvalue weighted by Gasteiger charge is -1.94. The second-order valence-electron chi connectivity index (χ2n) is 7.11. The predicted molar refractivity (Wildman–Crippen MR) is 136 cm³/mol. The first-order chi connectivity index (χ1) is 17.0. The quantitative estimate of drug-likeness (QED) is 0.242. The fraction of sp³-hybridized carbons (Fsp3) is 0.192. The van der Waals surface area contributed by atoms with Gasteiger partial charge in [0, 0.05) is 22.5 Å². The van der Waals surface area contributed by atoms with E-state index in [1.165, 1.54) is 29.6 Å². The van der Waals surface area contributed by atoms with Gasteiger partial charge in [-0.1, -0.05) is 61.5 Å². The number of nitrogens with one attached hydrogen (secondary N) is 1. The van der Waals surface area contributed by atoms with Crippen LogP contribution in [0.5, 0.6) is 0 Å². The number of thiazole rings is 1. The number of fused-ring (bicyclic) bond motifs is 1. The van der Waals surface area contributed by atoms with E-state index in [2.05, 4.69) is 63.0 Å². The zero-order valence-electron chi connectivity index (χ0n) is 20.2. The lowest BCUT2D eigenvalue weighted by atomic mass is 10.1. The maximum absolute atomic E-state index is 12.7. The minimum Gasteiger partial charge on any atom is -0.462 e. The van der Waals surface area contributed by atoms with E-state index in [9.17, 15) is 9.59 Å². The number of aromatic amines is 1. The normalized spacial score (nSPS) is 10.1. The van der Waals surface area contributed by atoms with Gasteiger partial charge in [0.05, 0.1) is 12.7 Å². The summed E-state index contributed by atoms with van der Waals surface area (Å²) in [5.74, 6) is -1.08. The number of nitrogens with zero attached hydrogens (tertiary/aromatic N) is 3. The summed E-state index contributed by atoms with van der Waals surface area (Å²) >= 11 is 1.17. The summed E-state index contributed by atoms with van der Waals surface area (Å²) in [6, 6.07) is 15.9. The fourth-order valence-corrected chi connectivity index (χ4v) is 3.77. The summed E-state index contributed by atoms with van der Waals surface area (Å²) in [6.45, 7) is 8.24.